The van der Waals surface area contributed by atoms with Crippen molar-refractivity contribution in [3.8, 4) is 0 Å². The second kappa shape index (κ2) is 7.99. The summed E-state index contributed by atoms with van der Waals surface area (Å²) in [7, 11) is 3.78. The molecule has 5 nitrogen and oxygen atoms in total. The number of thioether (sulfide) groups is 1. The average molecular weight is 322 g/mol. The number of anilines is 1. The molecular formula is C14H18N4OS2. The molecule has 0 saturated heterocycles. The SMILES string of the molecule is CN(C)c1nccc(CNC(=O)CSCc2cccs2)n1. The number of amides is 1. The zero-order chi connectivity index (χ0) is 15.1. The largest absolute Gasteiger partial charge is 0.350 e. The highest BCUT2D eigenvalue weighted by Crippen LogP contribution is 2.16. The third kappa shape index (κ3) is 5.35. The van der Waals surface area contributed by atoms with Gasteiger partial charge in [0.2, 0.25) is 11.9 Å². The van der Waals surface area contributed by atoms with Crippen LogP contribution in [0.3, 0.4) is 0 Å². The molecule has 2 aromatic heterocycles. The van der Waals surface area contributed by atoms with E-state index in [1.165, 1.54) is 4.88 Å². The van der Waals surface area contributed by atoms with Gasteiger partial charge in [0.1, 0.15) is 0 Å². The minimum atomic E-state index is 0.0292. The van der Waals surface area contributed by atoms with Crippen LogP contribution in [0, 0.1) is 0 Å². The van der Waals surface area contributed by atoms with Gasteiger partial charge in [-0.1, -0.05) is 6.07 Å². The minimum absolute atomic E-state index is 0.0292. The van der Waals surface area contributed by atoms with Crippen molar-refractivity contribution in [3.05, 3.63) is 40.3 Å². The molecule has 1 amide bonds. The zero-order valence-corrected chi connectivity index (χ0v) is 13.7. The number of carbonyl (C=O) groups is 1. The molecule has 2 heterocycles. The van der Waals surface area contributed by atoms with Crippen LogP contribution >= 0.6 is 23.1 Å². The molecule has 0 aliphatic rings. The molecule has 7 heteroatoms. The van der Waals surface area contributed by atoms with Gasteiger partial charge in [0.15, 0.2) is 0 Å². The lowest BCUT2D eigenvalue weighted by atomic mass is 10.4. The number of thiophene rings is 1. The van der Waals surface area contributed by atoms with E-state index in [9.17, 15) is 4.79 Å². The van der Waals surface area contributed by atoms with Crippen molar-refractivity contribution in [1.82, 2.24) is 15.3 Å². The van der Waals surface area contributed by atoms with Crippen molar-refractivity contribution >= 4 is 35.0 Å². The van der Waals surface area contributed by atoms with Crippen LogP contribution in [-0.4, -0.2) is 35.7 Å². The first-order valence-electron chi connectivity index (χ1n) is 6.51. The van der Waals surface area contributed by atoms with E-state index >= 15 is 0 Å². The van der Waals surface area contributed by atoms with Crippen molar-refractivity contribution in [1.29, 1.82) is 0 Å². The third-order valence-electron chi connectivity index (χ3n) is 2.62. The fourth-order valence-corrected chi connectivity index (χ4v) is 3.28. The van der Waals surface area contributed by atoms with Crippen molar-refractivity contribution in [2.24, 2.45) is 0 Å². The molecular weight excluding hydrogens is 304 g/mol. The Kier molecular flexibility index (Phi) is 6.01. The van der Waals surface area contributed by atoms with Gasteiger partial charge in [-0.05, 0) is 17.5 Å². The lowest BCUT2D eigenvalue weighted by Gasteiger charge is -2.11. The summed E-state index contributed by atoms with van der Waals surface area (Å²) in [5, 5.41) is 4.93. The monoisotopic (exact) mass is 322 g/mol. The predicted molar refractivity (Wildman–Crippen MR) is 88.7 cm³/mol. The van der Waals surface area contributed by atoms with Gasteiger partial charge in [0.05, 0.1) is 18.0 Å². The van der Waals surface area contributed by atoms with Gasteiger partial charge in [-0.25, -0.2) is 9.97 Å². The van der Waals surface area contributed by atoms with Crippen LogP contribution in [0.1, 0.15) is 10.6 Å². The van der Waals surface area contributed by atoms with E-state index in [1.807, 2.05) is 36.5 Å². The maximum atomic E-state index is 11.8. The molecule has 112 valence electrons. The molecule has 0 saturated carbocycles. The van der Waals surface area contributed by atoms with E-state index in [4.69, 9.17) is 0 Å². The maximum Gasteiger partial charge on any atom is 0.230 e. The predicted octanol–water partition coefficient (Wildman–Crippen LogP) is 2.15. The van der Waals surface area contributed by atoms with Crippen LogP contribution in [-0.2, 0) is 17.1 Å². The smallest absolute Gasteiger partial charge is 0.230 e. The van der Waals surface area contributed by atoms with E-state index in [0.717, 1.165) is 11.4 Å². The molecule has 0 aliphatic heterocycles. The van der Waals surface area contributed by atoms with Gasteiger partial charge in [-0.2, -0.15) is 0 Å². The van der Waals surface area contributed by atoms with Crippen molar-refractivity contribution in [2.75, 3.05) is 24.7 Å². The summed E-state index contributed by atoms with van der Waals surface area (Å²) in [5.41, 5.74) is 0.810. The summed E-state index contributed by atoms with van der Waals surface area (Å²) in [6.07, 6.45) is 1.70. The molecule has 2 aromatic rings. The topological polar surface area (TPSA) is 58.1 Å². The zero-order valence-electron chi connectivity index (χ0n) is 12.1. The highest BCUT2D eigenvalue weighted by atomic mass is 32.2. The Labute approximate surface area is 132 Å². The van der Waals surface area contributed by atoms with Crippen LogP contribution in [0.5, 0.6) is 0 Å². The molecule has 0 unspecified atom stereocenters. The number of aromatic nitrogens is 2. The number of rotatable bonds is 7. The van der Waals surface area contributed by atoms with Gasteiger partial charge in [-0.3, -0.25) is 4.79 Å². The Bertz CT molecular complexity index is 572. The van der Waals surface area contributed by atoms with Gasteiger partial charge in [0, 0.05) is 30.9 Å². The third-order valence-corrected chi connectivity index (χ3v) is 4.67. The van der Waals surface area contributed by atoms with E-state index in [0.29, 0.717) is 18.2 Å². The molecule has 1 N–H and O–H groups in total. The quantitative estimate of drug-likeness (QED) is 0.846. The number of nitrogens with zero attached hydrogens (tertiary/aromatic N) is 3. The summed E-state index contributed by atoms with van der Waals surface area (Å²) in [5.74, 6) is 2.02. The Balaban J connectivity index is 1.72. The van der Waals surface area contributed by atoms with Gasteiger partial charge in [-0.15, -0.1) is 23.1 Å². The van der Waals surface area contributed by atoms with Gasteiger partial charge >= 0.3 is 0 Å². The van der Waals surface area contributed by atoms with Gasteiger partial charge < -0.3 is 10.2 Å². The standard InChI is InChI=1S/C14H18N4OS2/c1-18(2)14-15-6-5-11(17-14)8-16-13(19)10-20-9-12-4-3-7-21-12/h3-7H,8-10H2,1-2H3,(H,16,19). The molecule has 0 aromatic carbocycles. The van der Waals surface area contributed by atoms with Crippen LogP contribution in [0.25, 0.3) is 0 Å². The molecule has 21 heavy (non-hydrogen) atoms. The van der Waals surface area contributed by atoms with Crippen LogP contribution < -0.4 is 10.2 Å². The molecule has 0 atom stereocenters. The fourth-order valence-electron chi connectivity index (χ4n) is 1.58. The van der Waals surface area contributed by atoms with E-state index in [2.05, 4.69) is 21.4 Å². The van der Waals surface area contributed by atoms with Crippen molar-refractivity contribution in [3.63, 3.8) is 0 Å². The first-order chi connectivity index (χ1) is 10.1. The molecule has 0 radical (unpaired) electrons. The Morgan fingerprint density at radius 1 is 1.43 bits per heavy atom. The molecule has 0 spiro atoms. The first-order valence-corrected chi connectivity index (χ1v) is 8.54. The summed E-state index contributed by atoms with van der Waals surface area (Å²) < 4.78 is 0. The summed E-state index contributed by atoms with van der Waals surface area (Å²) in [6, 6.07) is 5.92. The van der Waals surface area contributed by atoms with Crippen LogP contribution in [0.4, 0.5) is 5.95 Å². The average Bonchev–Trinajstić information content (AvgIpc) is 2.99. The second-order valence-corrected chi connectivity index (χ2v) is 6.61. The molecule has 0 fully saturated rings. The Morgan fingerprint density at radius 3 is 3.00 bits per heavy atom. The second-order valence-electron chi connectivity index (χ2n) is 4.59. The number of nitrogens with one attached hydrogen (secondary N) is 1. The summed E-state index contributed by atoms with van der Waals surface area (Å²) >= 11 is 3.33. The number of hydrogen-bond acceptors (Lipinski definition) is 6. The number of carbonyl (C=O) groups excluding carboxylic acids is 1. The number of hydrogen-bond donors (Lipinski definition) is 1. The van der Waals surface area contributed by atoms with Crippen LogP contribution in [0.2, 0.25) is 0 Å². The normalized spacial score (nSPS) is 10.4. The lowest BCUT2D eigenvalue weighted by Crippen LogP contribution is -2.25. The Morgan fingerprint density at radius 2 is 2.29 bits per heavy atom. The molecule has 2 rings (SSSR count). The van der Waals surface area contributed by atoms with Crippen molar-refractivity contribution < 1.29 is 4.79 Å². The first kappa shape index (κ1) is 15.8. The summed E-state index contributed by atoms with van der Waals surface area (Å²) in [4.78, 5) is 23.4. The van der Waals surface area contributed by atoms with E-state index in [-0.39, 0.29) is 5.91 Å². The molecule has 0 aliphatic carbocycles. The fraction of sp³-hybridized carbons (Fsp3) is 0.357. The lowest BCUT2D eigenvalue weighted by molar-refractivity contribution is -0.118. The minimum Gasteiger partial charge on any atom is -0.350 e. The van der Waals surface area contributed by atoms with Gasteiger partial charge in [0.25, 0.3) is 0 Å². The highest BCUT2D eigenvalue weighted by Gasteiger charge is 2.05. The van der Waals surface area contributed by atoms with E-state index < -0.39 is 0 Å². The summed E-state index contributed by atoms with van der Waals surface area (Å²) in [6.45, 7) is 0.432. The van der Waals surface area contributed by atoms with E-state index in [1.54, 1.807) is 29.3 Å². The van der Waals surface area contributed by atoms with Crippen molar-refractivity contribution in [2.45, 2.75) is 12.3 Å². The highest BCUT2D eigenvalue weighted by molar-refractivity contribution is 7.99. The Hall–Kier alpha value is -1.60. The maximum absolute atomic E-state index is 11.8. The van der Waals surface area contributed by atoms with Crippen LogP contribution in [0.15, 0.2) is 29.8 Å². The molecule has 0 bridgehead atoms.